The van der Waals surface area contributed by atoms with Gasteiger partial charge in [-0.1, -0.05) is 0 Å². The standard InChI is InChI=1S/C14H23N5/c1-18(2)13-16-7-12(8-17-13)9-19-6-4-14(11-19)3-5-15-10-14/h7-8,15H,3-6,9-11H2,1-2H3. The summed E-state index contributed by atoms with van der Waals surface area (Å²) in [6.45, 7) is 5.79. The van der Waals surface area contributed by atoms with Crippen LogP contribution in [0.25, 0.3) is 0 Å². The van der Waals surface area contributed by atoms with E-state index in [1.54, 1.807) is 0 Å². The summed E-state index contributed by atoms with van der Waals surface area (Å²) >= 11 is 0. The topological polar surface area (TPSA) is 44.3 Å². The molecule has 0 bridgehead atoms. The predicted molar refractivity (Wildman–Crippen MR) is 76.2 cm³/mol. The van der Waals surface area contributed by atoms with Crippen LogP contribution >= 0.6 is 0 Å². The van der Waals surface area contributed by atoms with Crippen molar-refractivity contribution in [2.24, 2.45) is 5.41 Å². The van der Waals surface area contributed by atoms with Gasteiger partial charge in [0.2, 0.25) is 5.95 Å². The lowest BCUT2D eigenvalue weighted by Crippen LogP contribution is -2.29. The average molecular weight is 261 g/mol. The minimum Gasteiger partial charge on any atom is -0.347 e. The van der Waals surface area contributed by atoms with Crippen LogP contribution in [0.4, 0.5) is 5.95 Å². The molecular weight excluding hydrogens is 238 g/mol. The molecule has 0 radical (unpaired) electrons. The summed E-state index contributed by atoms with van der Waals surface area (Å²) in [5, 5.41) is 3.50. The van der Waals surface area contributed by atoms with Crippen molar-refractivity contribution in [2.45, 2.75) is 19.4 Å². The maximum atomic E-state index is 4.39. The van der Waals surface area contributed by atoms with Crippen molar-refractivity contribution < 1.29 is 0 Å². The van der Waals surface area contributed by atoms with E-state index >= 15 is 0 Å². The molecule has 3 heterocycles. The number of hydrogen-bond donors (Lipinski definition) is 1. The first-order valence-corrected chi connectivity index (χ1v) is 7.08. The van der Waals surface area contributed by atoms with Gasteiger partial charge in [0.05, 0.1) is 0 Å². The summed E-state index contributed by atoms with van der Waals surface area (Å²) in [7, 11) is 3.93. The molecular formula is C14H23N5. The molecule has 2 fully saturated rings. The Morgan fingerprint density at radius 3 is 2.74 bits per heavy atom. The first kappa shape index (κ1) is 12.8. The van der Waals surface area contributed by atoms with E-state index in [-0.39, 0.29) is 0 Å². The normalized spacial score (nSPS) is 27.3. The van der Waals surface area contributed by atoms with E-state index < -0.39 is 0 Å². The monoisotopic (exact) mass is 261 g/mol. The Morgan fingerprint density at radius 1 is 1.32 bits per heavy atom. The second-order valence-electron chi connectivity index (χ2n) is 6.17. The third-order valence-corrected chi connectivity index (χ3v) is 4.35. The van der Waals surface area contributed by atoms with Crippen LogP contribution in [0.15, 0.2) is 12.4 Å². The van der Waals surface area contributed by atoms with Gasteiger partial charge < -0.3 is 10.2 Å². The first-order chi connectivity index (χ1) is 9.17. The van der Waals surface area contributed by atoms with Crippen molar-refractivity contribution in [3.8, 4) is 0 Å². The summed E-state index contributed by atoms with van der Waals surface area (Å²) in [4.78, 5) is 13.2. The SMILES string of the molecule is CN(C)c1ncc(CN2CCC3(CCNC3)C2)cn1. The van der Waals surface area contributed by atoms with Gasteiger partial charge in [-0.3, -0.25) is 4.90 Å². The Morgan fingerprint density at radius 2 is 2.11 bits per heavy atom. The summed E-state index contributed by atoms with van der Waals surface area (Å²) in [6, 6.07) is 0. The van der Waals surface area contributed by atoms with Gasteiger partial charge in [-0.15, -0.1) is 0 Å². The summed E-state index contributed by atoms with van der Waals surface area (Å²) in [5.74, 6) is 0.779. The van der Waals surface area contributed by atoms with E-state index in [4.69, 9.17) is 0 Å². The molecule has 0 aliphatic carbocycles. The van der Waals surface area contributed by atoms with E-state index in [9.17, 15) is 0 Å². The van der Waals surface area contributed by atoms with Gasteiger partial charge in [0.1, 0.15) is 0 Å². The molecule has 0 aromatic carbocycles. The zero-order valence-electron chi connectivity index (χ0n) is 11.9. The second kappa shape index (κ2) is 5.06. The smallest absolute Gasteiger partial charge is 0.224 e. The van der Waals surface area contributed by atoms with Crippen LogP contribution in [-0.4, -0.2) is 55.1 Å². The van der Waals surface area contributed by atoms with Gasteiger partial charge in [-0.25, -0.2) is 9.97 Å². The average Bonchev–Trinajstić information content (AvgIpc) is 3.01. The highest BCUT2D eigenvalue weighted by Gasteiger charge is 2.39. The first-order valence-electron chi connectivity index (χ1n) is 7.08. The molecule has 1 atom stereocenters. The van der Waals surface area contributed by atoms with Gasteiger partial charge in [-0.05, 0) is 31.3 Å². The fourth-order valence-corrected chi connectivity index (χ4v) is 3.23. The summed E-state index contributed by atoms with van der Waals surface area (Å²) in [5.41, 5.74) is 1.76. The Hall–Kier alpha value is -1.20. The van der Waals surface area contributed by atoms with Crippen LogP contribution in [0, 0.1) is 5.41 Å². The number of nitrogens with one attached hydrogen (secondary N) is 1. The fraction of sp³-hybridized carbons (Fsp3) is 0.714. The third-order valence-electron chi connectivity index (χ3n) is 4.35. The van der Waals surface area contributed by atoms with Crippen molar-refractivity contribution in [1.29, 1.82) is 0 Å². The molecule has 5 nitrogen and oxygen atoms in total. The number of anilines is 1. The molecule has 1 unspecified atom stereocenters. The van der Waals surface area contributed by atoms with Gasteiger partial charge in [0.15, 0.2) is 0 Å². The number of aromatic nitrogens is 2. The molecule has 0 saturated carbocycles. The van der Waals surface area contributed by atoms with Crippen molar-refractivity contribution in [2.75, 3.05) is 45.2 Å². The lowest BCUT2D eigenvalue weighted by Gasteiger charge is -2.22. The second-order valence-corrected chi connectivity index (χ2v) is 6.17. The van der Waals surface area contributed by atoms with Gasteiger partial charge in [0.25, 0.3) is 0 Å². The molecule has 2 saturated heterocycles. The Bertz CT molecular complexity index is 422. The summed E-state index contributed by atoms with van der Waals surface area (Å²) < 4.78 is 0. The van der Waals surface area contributed by atoms with Crippen molar-refractivity contribution in [3.63, 3.8) is 0 Å². The molecule has 3 rings (SSSR count). The van der Waals surface area contributed by atoms with Gasteiger partial charge in [-0.2, -0.15) is 0 Å². The van der Waals surface area contributed by atoms with Crippen LogP contribution in [-0.2, 0) is 6.54 Å². The van der Waals surface area contributed by atoms with Crippen LogP contribution in [0.1, 0.15) is 18.4 Å². The molecule has 5 heteroatoms. The molecule has 0 amide bonds. The largest absolute Gasteiger partial charge is 0.347 e. The van der Waals surface area contributed by atoms with E-state index in [1.807, 2.05) is 31.4 Å². The van der Waals surface area contributed by atoms with E-state index in [2.05, 4.69) is 20.2 Å². The molecule has 1 aromatic heterocycles. The molecule has 2 aliphatic heterocycles. The molecule has 104 valence electrons. The highest BCUT2D eigenvalue weighted by atomic mass is 15.2. The molecule has 1 aromatic rings. The molecule has 2 aliphatic rings. The maximum absolute atomic E-state index is 4.39. The lowest BCUT2D eigenvalue weighted by atomic mass is 9.87. The highest BCUT2D eigenvalue weighted by Crippen LogP contribution is 2.36. The number of nitrogens with zero attached hydrogens (tertiary/aromatic N) is 4. The minimum atomic E-state index is 0.546. The Balaban J connectivity index is 1.60. The molecule has 1 spiro atoms. The van der Waals surface area contributed by atoms with E-state index in [0.29, 0.717) is 5.41 Å². The third kappa shape index (κ3) is 2.72. The molecule has 1 N–H and O–H groups in total. The van der Waals surface area contributed by atoms with Crippen molar-refractivity contribution in [3.05, 3.63) is 18.0 Å². The van der Waals surface area contributed by atoms with E-state index in [0.717, 1.165) is 12.5 Å². The summed E-state index contributed by atoms with van der Waals surface area (Å²) in [6.07, 6.45) is 6.58. The van der Waals surface area contributed by atoms with Gasteiger partial charge >= 0.3 is 0 Å². The van der Waals surface area contributed by atoms with Crippen LogP contribution in [0.3, 0.4) is 0 Å². The van der Waals surface area contributed by atoms with Crippen LogP contribution in [0.5, 0.6) is 0 Å². The van der Waals surface area contributed by atoms with Crippen molar-refractivity contribution in [1.82, 2.24) is 20.2 Å². The van der Waals surface area contributed by atoms with Crippen LogP contribution < -0.4 is 10.2 Å². The predicted octanol–water partition coefficient (Wildman–Crippen LogP) is 0.728. The molecule has 19 heavy (non-hydrogen) atoms. The zero-order valence-corrected chi connectivity index (χ0v) is 11.9. The quantitative estimate of drug-likeness (QED) is 0.869. The maximum Gasteiger partial charge on any atom is 0.224 e. The van der Waals surface area contributed by atoms with Crippen LogP contribution in [0.2, 0.25) is 0 Å². The van der Waals surface area contributed by atoms with Gasteiger partial charge in [0, 0.05) is 51.7 Å². The highest BCUT2D eigenvalue weighted by molar-refractivity contribution is 5.26. The Labute approximate surface area is 115 Å². The number of rotatable bonds is 3. The zero-order chi connectivity index (χ0) is 13.3. The minimum absolute atomic E-state index is 0.546. The Kier molecular flexibility index (Phi) is 3.41. The number of likely N-dealkylation sites (tertiary alicyclic amines) is 1. The number of hydrogen-bond acceptors (Lipinski definition) is 5. The fourth-order valence-electron chi connectivity index (χ4n) is 3.23. The van der Waals surface area contributed by atoms with E-state index in [1.165, 1.54) is 44.6 Å². The van der Waals surface area contributed by atoms with Crippen molar-refractivity contribution >= 4 is 5.95 Å². The lowest BCUT2D eigenvalue weighted by molar-refractivity contribution is 0.268.